The molecule has 0 bridgehead atoms. The summed E-state index contributed by atoms with van der Waals surface area (Å²) in [5, 5.41) is 6.26. The van der Waals surface area contributed by atoms with Gasteiger partial charge >= 0.3 is 6.18 Å². The van der Waals surface area contributed by atoms with E-state index in [9.17, 15) is 18.0 Å². The number of benzene rings is 3. The summed E-state index contributed by atoms with van der Waals surface area (Å²) in [6, 6.07) is 17.8. The van der Waals surface area contributed by atoms with E-state index in [2.05, 4.69) is 17.6 Å². The van der Waals surface area contributed by atoms with Gasteiger partial charge in [-0.05, 0) is 59.4 Å². The molecular weight excluding hydrogens is 457 g/mol. The van der Waals surface area contributed by atoms with Crippen LogP contribution in [0.5, 0.6) is 0 Å². The molecule has 1 atom stereocenters. The molecule has 34 heavy (non-hydrogen) atoms. The lowest BCUT2D eigenvalue weighted by molar-refractivity contribution is -0.137. The Morgan fingerprint density at radius 3 is 2.56 bits per heavy atom. The number of hydrogen-bond acceptors (Lipinski definition) is 3. The van der Waals surface area contributed by atoms with Crippen LogP contribution in [0.15, 0.2) is 66.7 Å². The fourth-order valence-electron chi connectivity index (χ4n) is 4.30. The smallest absolute Gasteiger partial charge is 0.322 e. The van der Waals surface area contributed by atoms with Gasteiger partial charge in [-0.2, -0.15) is 13.2 Å². The average molecular weight is 483 g/mol. The van der Waals surface area contributed by atoms with Gasteiger partial charge in [-0.3, -0.25) is 4.79 Å². The summed E-state index contributed by atoms with van der Waals surface area (Å²) in [5.41, 5.74) is 2.94. The minimum atomic E-state index is -4.55. The lowest BCUT2D eigenvalue weighted by Gasteiger charge is -2.28. The maximum absolute atomic E-state index is 13.4. The van der Waals surface area contributed by atoms with Crippen LogP contribution < -0.4 is 10.6 Å². The molecule has 0 aliphatic carbocycles. The van der Waals surface area contributed by atoms with Crippen LogP contribution in [0.1, 0.15) is 52.9 Å². The van der Waals surface area contributed by atoms with Crippen molar-refractivity contribution in [3.05, 3.63) is 89.0 Å². The number of carbonyl (C=O) groups is 1. The Morgan fingerprint density at radius 2 is 1.85 bits per heavy atom. The van der Waals surface area contributed by atoms with Crippen LogP contribution in [-0.4, -0.2) is 17.3 Å². The second-order valence-electron chi connectivity index (χ2n) is 8.35. The van der Waals surface area contributed by atoms with E-state index < -0.39 is 17.6 Å². The molecule has 2 N–H and O–H groups in total. The minimum Gasteiger partial charge on any atom is -0.322 e. The monoisotopic (exact) mass is 482 g/mol. The fraction of sp³-hybridized carbons (Fsp3) is 0.259. The van der Waals surface area contributed by atoms with Crippen molar-refractivity contribution in [2.45, 2.75) is 38.4 Å². The lowest BCUT2D eigenvalue weighted by atomic mass is 9.90. The van der Waals surface area contributed by atoms with E-state index in [4.69, 9.17) is 12.2 Å². The molecule has 0 spiro atoms. The van der Waals surface area contributed by atoms with Crippen LogP contribution in [0.2, 0.25) is 0 Å². The molecule has 1 heterocycles. The SMILES string of the molecule is CCCC(=S)C1NCCc2cc(NC(=O)c3cc(C(F)(F)F)ccc3-c3ccccc3)ccc21. The van der Waals surface area contributed by atoms with Crippen molar-refractivity contribution in [1.29, 1.82) is 0 Å². The number of halogens is 3. The van der Waals surface area contributed by atoms with Gasteiger partial charge in [-0.15, -0.1) is 0 Å². The maximum atomic E-state index is 13.4. The van der Waals surface area contributed by atoms with Crippen LogP contribution in [0.25, 0.3) is 11.1 Å². The zero-order valence-electron chi connectivity index (χ0n) is 18.7. The number of amides is 1. The molecule has 1 unspecified atom stereocenters. The highest BCUT2D eigenvalue weighted by Gasteiger charge is 2.32. The van der Waals surface area contributed by atoms with Gasteiger partial charge in [0, 0.05) is 22.7 Å². The number of fused-ring (bicyclic) bond motifs is 1. The summed E-state index contributed by atoms with van der Waals surface area (Å²) < 4.78 is 40.2. The number of rotatable bonds is 6. The summed E-state index contributed by atoms with van der Waals surface area (Å²) in [6.07, 6.45) is -1.94. The molecule has 0 fully saturated rings. The predicted octanol–water partition coefficient (Wildman–Crippen LogP) is 6.98. The van der Waals surface area contributed by atoms with Gasteiger partial charge in [-0.1, -0.05) is 68.0 Å². The molecule has 1 aliphatic rings. The number of anilines is 1. The van der Waals surface area contributed by atoms with Gasteiger partial charge in [0.1, 0.15) is 0 Å². The zero-order valence-corrected chi connectivity index (χ0v) is 19.5. The minimum absolute atomic E-state index is 0.00315. The molecule has 1 amide bonds. The number of hydrogen-bond donors (Lipinski definition) is 2. The van der Waals surface area contributed by atoms with Crippen molar-refractivity contribution < 1.29 is 18.0 Å². The van der Waals surface area contributed by atoms with Crippen LogP contribution in [-0.2, 0) is 12.6 Å². The van der Waals surface area contributed by atoms with Crippen LogP contribution >= 0.6 is 12.2 Å². The van der Waals surface area contributed by atoms with E-state index >= 15 is 0 Å². The van der Waals surface area contributed by atoms with E-state index in [1.54, 1.807) is 30.3 Å². The van der Waals surface area contributed by atoms with Gasteiger partial charge in [0.25, 0.3) is 5.91 Å². The molecule has 0 radical (unpaired) electrons. The Balaban J connectivity index is 1.66. The summed E-state index contributed by atoms with van der Waals surface area (Å²) >= 11 is 5.59. The quantitative estimate of drug-likeness (QED) is 0.373. The zero-order chi connectivity index (χ0) is 24.3. The largest absolute Gasteiger partial charge is 0.416 e. The molecule has 3 aromatic rings. The van der Waals surface area contributed by atoms with E-state index in [0.717, 1.165) is 53.9 Å². The fourth-order valence-corrected chi connectivity index (χ4v) is 4.71. The first-order valence-electron chi connectivity index (χ1n) is 11.2. The van der Waals surface area contributed by atoms with Gasteiger partial charge in [0.05, 0.1) is 11.6 Å². The highest BCUT2D eigenvalue weighted by molar-refractivity contribution is 7.80. The van der Waals surface area contributed by atoms with Crippen molar-refractivity contribution in [2.75, 3.05) is 11.9 Å². The standard InChI is InChI=1S/C27H25F3N2OS/c1-2-6-24(34)25-22-12-10-20(15-18(22)13-14-31-25)32-26(33)23-16-19(27(28,29)30)9-11-21(23)17-7-4-3-5-8-17/h3-5,7-12,15-16,25,31H,2,6,13-14H2,1H3,(H,32,33). The Labute approximate surface area is 202 Å². The molecule has 3 aromatic carbocycles. The normalized spacial score (nSPS) is 15.5. The second kappa shape index (κ2) is 10.1. The molecule has 0 aromatic heterocycles. The lowest BCUT2D eigenvalue weighted by Crippen LogP contribution is -2.34. The second-order valence-corrected chi connectivity index (χ2v) is 8.87. The maximum Gasteiger partial charge on any atom is 0.416 e. The first-order chi connectivity index (χ1) is 16.3. The number of alkyl halides is 3. The van der Waals surface area contributed by atoms with Crippen molar-refractivity contribution in [2.24, 2.45) is 0 Å². The summed E-state index contributed by atoms with van der Waals surface area (Å²) in [5.74, 6) is -0.586. The summed E-state index contributed by atoms with van der Waals surface area (Å²) in [7, 11) is 0. The Morgan fingerprint density at radius 1 is 1.09 bits per heavy atom. The van der Waals surface area contributed by atoms with E-state index in [0.29, 0.717) is 16.8 Å². The van der Waals surface area contributed by atoms with Crippen LogP contribution in [0.4, 0.5) is 18.9 Å². The molecule has 1 aliphatic heterocycles. The molecule has 0 saturated carbocycles. The number of thiocarbonyl (C=S) groups is 1. The third-order valence-electron chi connectivity index (χ3n) is 5.95. The van der Waals surface area contributed by atoms with E-state index in [-0.39, 0.29) is 11.6 Å². The van der Waals surface area contributed by atoms with E-state index in [1.165, 1.54) is 6.07 Å². The third-order valence-corrected chi connectivity index (χ3v) is 6.39. The Bertz CT molecular complexity index is 1210. The van der Waals surface area contributed by atoms with Gasteiger partial charge in [-0.25, -0.2) is 0 Å². The molecule has 4 rings (SSSR count). The van der Waals surface area contributed by atoms with Gasteiger partial charge in [0.15, 0.2) is 0 Å². The van der Waals surface area contributed by atoms with E-state index in [1.807, 2.05) is 18.2 Å². The summed E-state index contributed by atoms with van der Waals surface area (Å²) in [4.78, 5) is 14.2. The number of carbonyl (C=O) groups excluding carboxylic acids is 1. The molecule has 176 valence electrons. The first-order valence-corrected chi connectivity index (χ1v) is 11.7. The topological polar surface area (TPSA) is 41.1 Å². The average Bonchev–Trinajstić information content (AvgIpc) is 2.83. The highest BCUT2D eigenvalue weighted by atomic mass is 32.1. The van der Waals surface area contributed by atoms with Crippen LogP contribution in [0, 0.1) is 0 Å². The third kappa shape index (κ3) is 5.21. The first kappa shape index (κ1) is 24.1. The highest BCUT2D eigenvalue weighted by Crippen LogP contribution is 2.34. The molecule has 3 nitrogen and oxygen atoms in total. The van der Waals surface area contributed by atoms with Crippen molar-refractivity contribution in [1.82, 2.24) is 5.32 Å². The molecule has 0 saturated heterocycles. The molecule has 7 heteroatoms. The summed E-state index contributed by atoms with van der Waals surface area (Å²) in [6.45, 7) is 2.86. The number of nitrogens with one attached hydrogen (secondary N) is 2. The predicted molar refractivity (Wildman–Crippen MR) is 133 cm³/mol. The van der Waals surface area contributed by atoms with Crippen molar-refractivity contribution in [3.63, 3.8) is 0 Å². The van der Waals surface area contributed by atoms with Gasteiger partial charge in [0.2, 0.25) is 0 Å². The van der Waals surface area contributed by atoms with Crippen molar-refractivity contribution >= 4 is 28.7 Å². The molecular formula is C27H25F3N2OS. The van der Waals surface area contributed by atoms with Gasteiger partial charge < -0.3 is 10.6 Å². The van der Waals surface area contributed by atoms with Crippen molar-refractivity contribution in [3.8, 4) is 11.1 Å². The Kier molecular flexibility index (Phi) is 7.14. The Hall–Kier alpha value is -3.03. The van der Waals surface area contributed by atoms with Crippen LogP contribution in [0.3, 0.4) is 0 Å².